The summed E-state index contributed by atoms with van der Waals surface area (Å²) in [7, 11) is 0. The molecule has 3 N–H and O–H groups in total. The minimum absolute atomic E-state index is 0.118. The normalized spacial score (nSPS) is 10.9. The van der Waals surface area contributed by atoms with Gasteiger partial charge in [0.1, 0.15) is 0 Å². The van der Waals surface area contributed by atoms with Crippen molar-refractivity contribution in [1.82, 2.24) is 15.3 Å². The van der Waals surface area contributed by atoms with Crippen molar-refractivity contribution in [2.75, 3.05) is 11.9 Å². The van der Waals surface area contributed by atoms with Crippen molar-refractivity contribution in [2.45, 2.75) is 20.8 Å². The Hall–Kier alpha value is -3.45. The number of para-hydroxylation sites is 1. The van der Waals surface area contributed by atoms with Crippen LogP contribution in [0.5, 0.6) is 0 Å². The smallest absolute Gasteiger partial charge is 0.251 e. The molecule has 30 heavy (non-hydrogen) atoms. The Morgan fingerprint density at radius 2 is 1.87 bits per heavy atom. The summed E-state index contributed by atoms with van der Waals surface area (Å²) in [4.78, 5) is 32.5. The van der Waals surface area contributed by atoms with Crippen molar-refractivity contribution >= 4 is 39.2 Å². The van der Waals surface area contributed by atoms with E-state index in [1.165, 1.54) is 11.3 Å². The second-order valence-electron chi connectivity index (χ2n) is 7.24. The van der Waals surface area contributed by atoms with Crippen LogP contribution in [0, 0.1) is 20.8 Å². The molecule has 7 heteroatoms. The zero-order valence-electron chi connectivity index (χ0n) is 17.0. The number of nitrogens with zero attached hydrogens (tertiary/aromatic N) is 1. The third-order valence-corrected chi connectivity index (χ3v) is 5.84. The van der Waals surface area contributed by atoms with Crippen LogP contribution in [0.25, 0.3) is 22.2 Å². The first-order valence-corrected chi connectivity index (χ1v) is 10.5. The highest BCUT2D eigenvalue weighted by Gasteiger charge is 2.15. The van der Waals surface area contributed by atoms with Crippen molar-refractivity contribution in [1.29, 1.82) is 0 Å². The summed E-state index contributed by atoms with van der Waals surface area (Å²) < 4.78 is 0. The van der Waals surface area contributed by atoms with Crippen LogP contribution in [0.2, 0.25) is 0 Å². The van der Waals surface area contributed by atoms with Gasteiger partial charge in [-0.05, 0) is 50.1 Å². The minimum atomic E-state index is -0.316. The summed E-state index contributed by atoms with van der Waals surface area (Å²) in [6.45, 7) is 5.83. The van der Waals surface area contributed by atoms with Gasteiger partial charge in [-0.15, -0.1) is 11.3 Å². The Balaban J connectivity index is 1.41. The van der Waals surface area contributed by atoms with Gasteiger partial charge in [0, 0.05) is 33.1 Å². The zero-order valence-corrected chi connectivity index (χ0v) is 17.8. The number of hydrogen-bond acceptors (Lipinski definition) is 4. The van der Waals surface area contributed by atoms with Crippen LogP contribution in [0.15, 0.2) is 47.8 Å². The lowest BCUT2D eigenvalue weighted by molar-refractivity contribution is -0.115. The lowest BCUT2D eigenvalue weighted by Crippen LogP contribution is -2.32. The second kappa shape index (κ2) is 8.12. The lowest BCUT2D eigenvalue weighted by atomic mass is 10.1. The van der Waals surface area contributed by atoms with Gasteiger partial charge in [-0.2, -0.15) is 0 Å². The van der Waals surface area contributed by atoms with E-state index in [1.54, 1.807) is 6.07 Å². The number of fused-ring (bicyclic) bond motifs is 1. The largest absolute Gasteiger partial charge is 0.358 e. The van der Waals surface area contributed by atoms with Gasteiger partial charge in [-0.1, -0.05) is 24.3 Å². The van der Waals surface area contributed by atoms with Crippen molar-refractivity contribution in [3.05, 3.63) is 70.2 Å². The van der Waals surface area contributed by atoms with Gasteiger partial charge in [0.15, 0.2) is 5.13 Å². The molecule has 0 radical (unpaired) electrons. The van der Waals surface area contributed by atoms with E-state index in [1.807, 2.05) is 62.5 Å². The molecule has 0 aliphatic rings. The monoisotopic (exact) mass is 418 g/mol. The Labute approximate surface area is 178 Å². The number of H-pyrrole nitrogens is 1. The summed E-state index contributed by atoms with van der Waals surface area (Å²) in [5, 5.41) is 8.94. The molecule has 4 aromatic rings. The highest BCUT2D eigenvalue weighted by atomic mass is 32.1. The molecule has 6 nitrogen and oxygen atoms in total. The van der Waals surface area contributed by atoms with E-state index in [0.717, 1.165) is 39.0 Å². The van der Waals surface area contributed by atoms with E-state index in [2.05, 4.69) is 20.6 Å². The molecular formula is C23H22N4O2S. The highest BCUT2D eigenvalue weighted by Crippen LogP contribution is 2.33. The molecule has 0 saturated heterocycles. The lowest BCUT2D eigenvalue weighted by Gasteiger charge is -2.07. The average molecular weight is 419 g/mol. The number of hydrogen-bond donors (Lipinski definition) is 3. The first-order chi connectivity index (χ1) is 14.4. The van der Waals surface area contributed by atoms with Crippen molar-refractivity contribution in [2.24, 2.45) is 0 Å². The summed E-state index contributed by atoms with van der Waals surface area (Å²) in [5.74, 6) is -0.591. The predicted molar refractivity (Wildman–Crippen MR) is 121 cm³/mol. The van der Waals surface area contributed by atoms with Gasteiger partial charge < -0.3 is 15.6 Å². The maximum atomic E-state index is 12.3. The number of nitrogens with one attached hydrogen (secondary N) is 3. The average Bonchev–Trinajstić information content (AvgIpc) is 3.30. The molecule has 2 heterocycles. The fourth-order valence-electron chi connectivity index (χ4n) is 3.36. The minimum Gasteiger partial charge on any atom is -0.358 e. The van der Waals surface area contributed by atoms with Crippen LogP contribution < -0.4 is 10.6 Å². The number of anilines is 1. The molecule has 0 spiro atoms. The van der Waals surface area contributed by atoms with E-state index in [4.69, 9.17) is 0 Å². The molecular weight excluding hydrogens is 396 g/mol. The van der Waals surface area contributed by atoms with Gasteiger partial charge >= 0.3 is 0 Å². The molecule has 0 bridgehead atoms. The van der Waals surface area contributed by atoms with Crippen LogP contribution in [0.4, 0.5) is 5.13 Å². The molecule has 4 rings (SSSR count). The van der Waals surface area contributed by atoms with Crippen molar-refractivity contribution in [3.63, 3.8) is 0 Å². The van der Waals surface area contributed by atoms with E-state index in [-0.39, 0.29) is 18.4 Å². The standard InChI is InChI=1S/C23H22N4O2S/c1-13-8-9-16(10-14(13)2)22(29)24-11-20(28)27-23-26-19(12-30-23)21-15(3)25-18-7-5-4-6-17(18)21/h4-10,12,25H,11H2,1-3H3,(H,24,29)(H,26,27,28). The third-order valence-electron chi connectivity index (χ3n) is 5.08. The molecule has 0 aliphatic heterocycles. The topological polar surface area (TPSA) is 86.9 Å². The van der Waals surface area contributed by atoms with E-state index in [9.17, 15) is 9.59 Å². The van der Waals surface area contributed by atoms with Crippen LogP contribution >= 0.6 is 11.3 Å². The maximum absolute atomic E-state index is 12.3. The number of aryl methyl sites for hydroxylation is 3. The number of amides is 2. The van der Waals surface area contributed by atoms with E-state index in [0.29, 0.717) is 10.7 Å². The Kier molecular flexibility index (Phi) is 5.37. The Morgan fingerprint density at radius 1 is 1.07 bits per heavy atom. The van der Waals surface area contributed by atoms with Crippen LogP contribution in [-0.2, 0) is 4.79 Å². The number of aromatic amines is 1. The van der Waals surface area contributed by atoms with Gasteiger partial charge in [-0.25, -0.2) is 4.98 Å². The number of rotatable bonds is 5. The summed E-state index contributed by atoms with van der Waals surface area (Å²) in [6.07, 6.45) is 0. The molecule has 0 saturated carbocycles. The van der Waals surface area contributed by atoms with E-state index < -0.39 is 0 Å². The number of carbonyl (C=O) groups is 2. The third kappa shape index (κ3) is 3.97. The first-order valence-electron chi connectivity index (χ1n) is 9.61. The van der Waals surface area contributed by atoms with Gasteiger partial charge in [0.05, 0.1) is 12.2 Å². The van der Waals surface area contributed by atoms with Crippen LogP contribution in [0.1, 0.15) is 27.2 Å². The summed E-state index contributed by atoms with van der Waals surface area (Å²) in [6, 6.07) is 13.5. The quantitative estimate of drug-likeness (QED) is 0.443. The first kappa shape index (κ1) is 19.8. The highest BCUT2D eigenvalue weighted by molar-refractivity contribution is 7.14. The molecule has 0 fully saturated rings. The SMILES string of the molecule is Cc1ccc(C(=O)NCC(=O)Nc2nc(-c3c(C)[nH]c4ccccc34)cs2)cc1C. The van der Waals surface area contributed by atoms with Crippen LogP contribution in [0.3, 0.4) is 0 Å². The van der Waals surface area contributed by atoms with Gasteiger partial charge in [-0.3, -0.25) is 9.59 Å². The number of carbonyl (C=O) groups excluding carboxylic acids is 2. The number of thiazole rings is 1. The fourth-order valence-corrected chi connectivity index (χ4v) is 4.08. The number of benzene rings is 2. The molecule has 0 unspecified atom stereocenters. The van der Waals surface area contributed by atoms with Gasteiger partial charge in [0.2, 0.25) is 5.91 Å². The molecule has 2 aromatic carbocycles. The zero-order chi connectivity index (χ0) is 21.3. The number of aromatic nitrogens is 2. The van der Waals surface area contributed by atoms with Crippen molar-refractivity contribution < 1.29 is 9.59 Å². The Morgan fingerprint density at radius 3 is 2.67 bits per heavy atom. The van der Waals surface area contributed by atoms with E-state index >= 15 is 0 Å². The van der Waals surface area contributed by atoms with Crippen LogP contribution in [-0.4, -0.2) is 28.3 Å². The predicted octanol–water partition coefficient (Wildman–Crippen LogP) is 4.59. The molecule has 2 amide bonds. The fraction of sp³-hybridized carbons (Fsp3) is 0.174. The summed E-state index contributed by atoms with van der Waals surface area (Å²) in [5.41, 5.74) is 6.62. The molecule has 152 valence electrons. The maximum Gasteiger partial charge on any atom is 0.251 e. The van der Waals surface area contributed by atoms with Gasteiger partial charge in [0.25, 0.3) is 5.91 Å². The Bertz CT molecular complexity index is 1260. The molecule has 0 aliphatic carbocycles. The second-order valence-corrected chi connectivity index (χ2v) is 8.10. The molecule has 2 aromatic heterocycles. The van der Waals surface area contributed by atoms with Crippen molar-refractivity contribution in [3.8, 4) is 11.3 Å². The molecule has 0 atom stereocenters. The summed E-state index contributed by atoms with van der Waals surface area (Å²) >= 11 is 1.36.